The first-order valence-corrected chi connectivity index (χ1v) is 6.79. The van der Waals surface area contributed by atoms with Crippen molar-refractivity contribution in [3.63, 3.8) is 0 Å². The van der Waals surface area contributed by atoms with Crippen LogP contribution in [0.2, 0.25) is 0 Å². The van der Waals surface area contributed by atoms with Crippen molar-refractivity contribution in [2.24, 2.45) is 0 Å². The number of aromatic nitrogens is 2. The fourth-order valence-corrected chi connectivity index (χ4v) is 2.36. The second-order valence-corrected chi connectivity index (χ2v) is 5.26. The van der Waals surface area contributed by atoms with E-state index < -0.39 is 0 Å². The number of hydrogen-bond donors (Lipinski definition) is 1. The lowest BCUT2D eigenvalue weighted by molar-refractivity contribution is 0.412. The molecule has 6 heteroatoms. The second kappa shape index (κ2) is 5.67. The van der Waals surface area contributed by atoms with Crippen molar-refractivity contribution in [1.82, 2.24) is 9.97 Å². The minimum Gasteiger partial charge on any atom is -0.495 e. The van der Waals surface area contributed by atoms with Gasteiger partial charge in [-0.3, -0.25) is 0 Å². The summed E-state index contributed by atoms with van der Waals surface area (Å²) >= 11 is 6.76. The lowest BCUT2D eigenvalue weighted by Gasteiger charge is -2.09. The Morgan fingerprint density at radius 1 is 1.17 bits per heavy atom. The first-order valence-electron chi connectivity index (χ1n) is 5.20. The van der Waals surface area contributed by atoms with Gasteiger partial charge in [0.1, 0.15) is 22.0 Å². The lowest BCUT2D eigenvalue weighted by Crippen LogP contribution is -1.97. The number of aryl methyl sites for hydroxylation is 1. The zero-order valence-corrected chi connectivity index (χ0v) is 13.0. The quantitative estimate of drug-likeness (QED) is 0.825. The standard InChI is InChI=1S/C12H11Br2N3O/c1-7-15-11(14)6-12(16-7)17-8-3-4-9(13)10(5-8)18-2/h3-6H,1-2H3,(H,15,16,17). The van der Waals surface area contributed by atoms with Gasteiger partial charge in [0.25, 0.3) is 0 Å². The largest absolute Gasteiger partial charge is 0.495 e. The molecule has 0 saturated carbocycles. The van der Waals surface area contributed by atoms with Crippen LogP contribution in [0.4, 0.5) is 11.5 Å². The average Bonchev–Trinajstić information content (AvgIpc) is 2.30. The molecule has 94 valence electrons. The second-order valence-electron chi connectivity index (χ2n) is 3.60. The molecule has 0 saturated heterocycles. The van der Waals surface area contributed by atoms with E-state index >= 15 is 0 Å². The molecule has 18 heavy (non-hydrogen) atoms. The number of methoxy groups -OCH3 is 1. The van der Waals surface area contributed by atoms with E-state index in [9.17, 15) is 0 Å². The molecule has 0 unspecified atom stereocenters. The molecular weight excluding hydrogens is 362 g/mol. The van der Waals surface area contributed by atoms with Crippen molar-refractivity contribution in [2.45, 2.75) is 6.92 Å². The third kappa shape index (κ3) is 3.20. The molecule has 0 atom stereocenters. The van der Waals surface area contributed by atoms with Crippen LogP contribution in [-0.4, -0.2) is 17.1 Å². The molecule has 0 radical (unpaired) electrons. The normalized spacial score (nSPS) is 10.2. The van der Waals surface area contributed by atoms with E-state index in [4.69, 9.17) is 4.74 Å². The van der Waals surface area contributed by atoms with Gasteiger partial charge in [0.15, 0.2) is 0 Å². The van der Waals surface area contributed by atoms with Crippen LogP contribution in [0.15, 0.2) is 33.3 Å². The minimum atomic E-state index is 0.705. The van der Waals surface area contributed by atoms with E-state index in [-0.39, 0.29) is 0 Å². The van der Waals surface area contributed by atoms with Gasteiger partial charge in [0.2, 0.25) is 0 Å². The van der Waals surface area contributed by atoms with Crippen LogP contribution in [-0.2, 0) is 0 Å². The van der Waals surface area contributed by atoms with Crippen LogP contribution >= 0.6 is 31.9 Å². The average molecular weight is 373 g/mol. The molecule has 0 amide bonds. The number of nitrogens with one attached hydrogen (secondary N) is 1. The van der Waals surface area contributed by atoms with E-state index in [0.717, 1.165) is 26.3 Å². The highest BCUT2D eigenvalue weighted by Gasteiger charge is 2.04. The third-order valence-electron chi connectivity index (χ3n) is 2.23. The number of rotatable bonds is 3. The first-order chi connectivity index (χ1) is 8.58. The number of benzene rings is 1. The van der Waals surface area contributed by atoms with Crippen LogP contribution in [0.1, 0.15) is 5.82 Å². The Labute approximate surface area is 122 Å². The molecule has 0 bridgehead atoms. The molecule has 2 aromatic rings. The van der Waals surface area contributed by atoms with Crippen LogP contribution in [0.25, 0.3) is 0 Å². The highest BCUT2D eigenvalue weighted by atomic mass is 79.9. The van der Waals surface area contributed by atoms with E-state index in [1.165, 1.54) is 0 Å². The highest BCUT2D eigenvalue weighted by molar-refractivity contribution is 9.10. The molecule has 1 N–H and O–H groups in total. The van der Waals surface area contributed by atoms with Crippen LogP contribution in [0.3, 0.4) is 0 Å². The summed E-state index contributed by atoms with van der Waals surface area (Å²) in [4.78, 5) is 8.46. The van der Waals surface area contributed by atoms with E-state index in [1.54, 1.807) is 7.11 Å². The fourth-order valence-electron chi connectivity index (χ4n) is 1.48. The van der Waals surface area contributed by atoms with Gasteiger partial charge < -0.3 is 10.1 Å². The Hall–Kier alpha value is -1.14. The number of anilines is 2. The van der Waals surface area contributed by atoms with Gasteiger partial charge in [-0.1, -0.05) is 0 Å². The summed E-state index contributed by atoms with van der Waals surface area (Å²) in [6.07, 6.45) is 0. The molecule has 4 nitrogen and oxygen atoms in total. The van der Waals surface area contributed by atoms with Gasteiger partial charge in [0, 0.05) is 17.8 Å². The molecule has 0 aliphatic rings. The predicted octanol–water partition coefficient (Wildman–Crippen LogP) is 4.06. The van der Waals surface area contributed by atoms with Gasteiger partial charge in [-0.05, 0) is 50.9 Å². The number of ether oxygens (including phenoxy) is 1. The SMILES string of the molecule is COc1cc(Nc2cc(Br)nc(C)n2)ccc1Br. The Morgan fingerprint density at radius 2 is 1.94 bits per heavy atom. The molecule has 0 aliphatic carbocycles. The summed E-state index contributed by atoms with van der Waals surface area (Å²) in [6, 6.07) is 7.58. The number of nitrogens with zero attached hydrogens (tertiary/aromatic N) is 2. The summed E-state index contributed by atoms with van der Waals surface area (Å²) in [5, 5.41) is 3.21. The smallest absolute Gasteiger partial charge is 0.135 e. The van der Waals surface area contributed by atoms with Gasteiger partial charge in [-0.25, -0.2) is 9.97 Å². The van der Waals surface area contributed by atoms with Crippen molar-refractivity contribution in [3.8, 4) is 5.75 Å². The van der Waals surface area contributed by atoms with Crippen molar-refractivity contribution >= 4 is 43.4 Å². The Bertz CT molecular complexity index is 555. The van der Waals surface area contributed by atoms with E-state index in [1.807, 2.05) is 31.2 Å². The highest BCUT2D eigenvalue weighted by Crippen LogP contribution is 2.29. The monoisotopic (exact) mass is 371 g/mol. The zero-order valence-electron chi connectivity index (χ0n) is 9.87. The summed E-state index contributed by atoms with van der Waals surface area (Å²) in [6.45, 7) is 1.85. The lowest BCUT2D eigenvalue weighted by atomic mass is 10.3. The number of halogens is 2. The van der Waals surface area contributed by atoms with Crippen molar-refractivity contribution in [3.05, 3.63) is 39.2 Å². The Kier molecular flexibility index (Phi) is 4.19. The summed E-state index contributed by atoms with van der Waals surface area (Å²) < 4.78 is 6.91. The van der Waals surface area contributed by atoms with Crippen molar-refractivity contribution < 1.29 is 4.74 Å². The molecule has 0 aliphatic heterocycles. The molecule has 2 rings (SSSR count). The molecule has 0 spiro atoms. The maximum Gasteiger partial charge on any atom is 0.135 e. The maximum atomic E-state index is 5.24. The van der Waals surface area contributed by atoms with Crippen molar-refractivity contribution in [2.75, 3.05) is 12.4 Å². The summed E-state index contributed by atoms with van der Waals surface area (Å²) in [7, 11) is 1.63. The third-order valence-corrected chi connectivity index (χ3v) is 3.29. The van der Waals surface area contributed by atoms with Crippen molar-refractivity contribution in [1.29, 1.82) is 0 Å². The van der Waals surface area contributed by atoms with E-state index in [2.05, 4.69) is 47.1 Å². The maximum absolute atomic E-state index is 5.24. The minimum absolute atomic E-state index is 0.705. The molecular formula is C12H11Br2N3O. The van der Waals surface area contributed by atoms with Crippen LogP contribution < -0.4 is 10.1 Å². The Morgan fingerprint density at radius 3 is 2.61 bits per heavy atom. The zero-order chi connectivity index (χ0) is 13.1. The topological polar surface area (TPSA) is 47.0 Å². The summed E-state index contributed by atoms with van der Waals surface area (Å²) in [5.74, 6) is 2.21. The fraction of sp³-hybridized carbons (Fsp3) is 0.167. The molecule has 1 aromatic carbocycles. The molecule has 1 heterocycles. The Balaban J connectivity index is 2.28. The van der Waals surface area contributed by atoms with Gasteiger partial charge in [-0.2, -0.15) is 0 Å². The van der Waals surface area contributed by atoms with Gasteiger partial charge >= 0.3 is 0 Å². The van der Waals surface area contributed by atoms with Gasteiger partial charge in [0.05, 0.1) is 11.6 Å². The van der Waals surface area contributed by atoms with Gasteiger partial charge in [-0.15, -0.1) is 0 Å². The first kappa shape index (κ1) is 13.3. The van der Waals surface area contributed by atoms with Crippen LogP contribution in [0, 0.1) is 6.92 Å². The molecule has 0 fully saturated rings. The van der Waals surface area contributed by atoms with E-state index in [0.29, 0.717) is 5.82 Å². The number of hydrogen-bond acceptors (Lipinski definition) is 4. The predicted molar refractivity (Wildman–Crippen MR) is 78.4 cm³/mol. The molecule has 1 aromatic heterocycles. The van der Waals surface area contributed by atoms with Crippen LogP contribution in [0.5, 0.6) is 5.75 Å². The summed E-state index contributed by atoms with van der Waals surface area (Å²) in [5.41, 5.74) is 0.903.